The number of hydrogen-bond acceptors (Lipinski definition) is 0. The number of aromatic nitrogens is 1. The van der Waals surface area contributed by atoms with E-state index >= 15 is 0 Å². The fraction of sp³-hybridized carbons (Fsp3) is 0. The fourth-order valence-electron chi connectivity index (χ4n) is 0.953. The van der Waals surface area contributed by atoms with Crippen LogP contribution in [0, 0.1) is 11.9 Å². The van der Waals surface area contributed by atoms with Crippen LogP contribution < -0.4 is 0 Å². The van der Waals surface area contributed by atoms with Gasteiger partial charge in [-0.25, -0.2) is 4.39 Å². The molecule has 0 unspecified atom stereocenters. The topological polar surface area (TPSA) is 15.8 Å². The minimum absolute atomic E-state index is 0.219. The van der Waals surface area contributed by atoms with Gasteiger partial charge in [0.05, 0.1) is 0 Å². The molecule has 49 valence electrons. The van der Waals surface area contributed by atoms with E-state index in [0.717, 1.165) is 10.9 Å². The van der Waals surface area contributed by atoms with Crippen molar-refractivity contribution in [2.24, 2.45) is 0 Å². The molecule has 1 aromatic heterocycles. The number of rotatable bonds is 0. The Labute approximate surface area is 57.5 Å². The van der Waals surface area contributed by atoms with Crippen LogP contribution in [0.1, 0.15) is 0 Å². The number of halogens is 1. The normalized spacial score (nSPS) is 10.5. The minimum atomic E-state index is -0.219. The predicted octanol–water partition coefficient (Wildman–Crippen LogP) is 2.11. The van der Waals surface area contributed by atoms with Crippen molar-refractivity contribution < 1.29 is 4.39 Å². The Balaban J connectivity index is 2.86. The molecule has 0 aliphatic heterocycles. The summed E-state index contributed by atoms with van der Waals surface area (Å²) in [5.41, 5.74) is 0.918. The molecule has 0 spiro atoms. The third kappa shape index (κ3) is 0.692. The second-order valence-electron chi connectivity index (χ2n) is 2.12. The third-order valence-electron chi connectivity index (χ3n) is 1.44. The summed E-state index contributed by atoms with van der Waals surface area (Å²) in [6.45, 7) is 0. The highest BCUT2D eigenvalue weighted by Gasteiger charge is 1.94. The van der Waals surface area contributed by atoms with Gasteiger partial charge in [-0.3, -0.25) is 0 Å². The van der Waals surface area contributed by atoms with Gasteiger partial charge < -0.3 is 4.98 Å². The van der Waals surface area contributed by atoms with Crippen LogP contribution in [0.2, 0.25) is 0 Å². The van der Waals surface area contributed by atoms with E-state index in [1.165, 1.54) is 12.1 Å². The predicted molar refractivity (Wildman–Crippen MR) is 37.1 cm³/mol. The molecule has 0 saturated heterocycles. The Bertz CT molecular complexity index is 351. The molecule has 0 aliphatic rings. The number of nitrogens with one attached hydrogen (secondary N) is 1. The molecule has 1 heterocycles. The molecule has 2 heteroatoms. The second-order valence-corrected chi connectivity index (χ2v) is 2.12. The number of hydrogen-bond donors (Lipinski definition) is 1. The summed E-state index contributed by atoms with van der Waals surface area (Å²) in [4.78, 5) is 2.92. The maximum atomic E-state index is 12.5. The van der Waals surface area contributed by atoms with Crippen molar-refractivity contribution in [3.05, 3.63) is 36.3 Å². The molecule has 1 radical (unpaired) electrons. The van der Waals surface area contributed by atoms with Gasteiger partial charge in [0.1, 0.15) is 5.82 Å². The highest BCUT2D eigenvalue weighted by atomic mass is 19.1. The van der Waals surface area contributed by atoms with E-state index < -0.39 is 0 Å². The van der Waals surface area contributed by atoms with E-state index in [0.29, 0.717) is 0 Å². The summed E-state index contributed by atoms with van der Waals surface area (Å²) < 4.78 is 12.5. The van der Waals surface area contributed by atoms with Crippen LogP contribution in [-0.2, 0) is 0 Å². The minimum Gasteiger partial charge on any atom is -0.361 e. The van der Waals surface area contributed by atoms with Crippen molar-refractivity contribution in [1.82, 2.24) is 4.98 Å². The van der Waals surface area contributed by atoms with E-state index in [2.05, 4.69) is 11.1 Å². The summed E-state index contributed by atoms with van der Waals surface area (Å²) in [5.74, 6) is -0.219. The van der Waals surface area contributed by atoms with Gasteiger partial charge in [0.25, 0.3) is 0 Å². The summed E-state index contributed by atoms with van der Waals surface area (Å²) in [5, 5.41) is 0.792. The summed E-state index contributed by atoms with van der Waals surface area (Å²) >= 11 is 0. The van der Waals surface area contributed by atoms with Crippen molar-refractivity contribution >= 4 is 10.9 Å². The molecule has 1 aromatic carbocycles. The number of aromatic amines is 1. The summed E-state index contributed by atoms with van der Waals surface area (Å²) in [6, 6.07) is 7.43. The Morgan fingerprint density at radius 2 is 2.30 bits per heavy atom. The van der Waals surface area contributed by atoms with E-state index in [9.17, 15) is 4.39 Å². The largest absolute Gasteiger partial charge is 0.361 e. The number of H-pyrrole nitrogens is 1. The van der Waals surface area contributed by atoms with E-state index in [4.69, 9.17) is 0 Å². The van der Waals surface area contributed by atoms with Crippen LogP contribution in [0.25, 0.3) is 10.9 Å². The smallest absolute Gasteiger partial charge is 0.123 e. The van der Waals surface area contributed by atoms with Crippen LogP contribution in [0.5, 0.6) is 0 Å². The molecule has 0 bridgehead atoms. The Morgan fingerprint density at radius 3 is 3.20 bits per heavy atom. The van der Waals surface area contributed by atoms with Gasteiger partial charge in [0, 0.05) is 23.2 Å². The van der Waals surface area contributed by atoms with Crippen LogP contribution in [0.15, 0.2) is 24.4 Å². The first kappa shape index (κ1) is 5.47. The lowest BCUT2D eigenvalue weighted by Gasteiger charge is -1.87. The van der Waals surface area contributed by atoms with Gasteiger partial charge in [0.15, 0.2) is 0 Å². The highest BCUT2D eigenvalue weighted by molar-refractivity contribution is 5.78. The molecule has 2 aromatic rings. The monoisotopic (exact) mass is 134 g/mol. The summed E-state index contributed by atoms with van der Waals surface area (Å²) in [6.07, 6.45) is 1.67. The standard InChI is InChI=1S/C8H5FN/c9-7-1-2-8-6(5-7)3-4-10-8/h1-2,4-5,10H. The maximum Gasteiger partial charge on any atom is 0.123 e. The number of benzene rings is 1. The fourth-order valence-corrected chi connectivity index (χ4v) is 0.953. The van der Waals surface area contributed by atoms with E-state index in [1.54, 1.807) is 12.3 Å². The highest BCUT2D eigenvalue weighted by Crippen LogP contribution is 2.11. The molecular formula is C8H5FN. The van der Waals surface area contributed by atoms with Crippen molar-refractivity contribution in [2.75, 3.05) is 0 Å². The first-order chi connectivity index (χ1) is 4.86. The molecule has 1 N–H and O–H groups in total. The quantitative estimate of drug-likeness (QED) is 0.568. The van der Waals surface area contributed by atoms with Crippen LogP contribution in [0.4, 0.5) is 4.39 Å². The van der Waals surface area contributed by atoms with Gasteiger partial charge in [0.2, 0.25) is 0 Å². The average molecular weight is 134 g/mol. The van der Waals surface area contributed by atoms with Crippen LogP contribution in [0.3, 0.4) is 0 Å². The zero-order valence-corrected chi connectivity index (χ0v) is 5.19. The molecule has 0 saturated carbocycles. The lowest BCUT2D eigenvalue weighted by atomic mass is 10.2. The maximum absolute atomic E-state index is 12.5. The first-order valence-corrected chi connectivity index (χ1v) is 3.00. The lowest BCUT2D eigenvalue weighted by Crippen LogP contribution is -1.70. The Kier molecular flexibility index (Phi) is 1.01. The molecular weight excluding hydrogens is 129 g/mol. The molecule has 1 nitrogen and oxygen atoms in total. The zero-order chi connectivity index (χ0) is 6.97. The van der Waals surface area contributed by atoms with Crippen molar-refractivity contribution in [1.29, 1.82) is 0 Å². The van der Waals surface area contributed by atoms with E-state index in [-0.39, 0.29) is 5.82 Å². The molecule has 2 rings (SSSR count). The van der Waals surface area contributed by atoms with Gasteiger partial charge >= 0.3 is 0 Å². The molecule has 0 amide bonds. The van der Waals surface area contributed by atoms with Gasteiger partial charge in [-0.05, 0) is 18.2 Å². The lowest BCUT2D eigenvalue weighted by molar-refractivity contribution is 0.629. The van der Waals surface area contributed by atoms with Crippen molar-refractivity contribution in [3.8, 4) is 0 Å². The van der Waals surface area contributed by atoms with Crippen LogP contribution >= 0.6 is 0 Å². The van der Waals surface area contributed by atoms with Gasteiger partial charge in [-0.2, -0.15) is 0 Å². The Morgan fingerprint density at radius 1 is 1.40 bits per heavy atom. The van der Waals surface area contributed by atoms with E-state index in [1.807, 2.05) is 0 Å². The second kappa shape index (κ2) is 1.84. The van der Waals surface area contributed by atoms with Crippen molar-refractivity contribution in [2.45, 2.75) is 0 Å². The molecule has 10 heavy (non-hydrogen) atoms. The van der Waals surface area contributed by atoms with Crippen LogP contribution in [-0.4, -0.2) is 4.98 Å². The third-order valence-corrected chi connectivity index (χ3v) is 1.44. The summed E-state index contributed by atoms with van der Waals surface area (Å²) in [7, 11) is 0. The Hall–Kier alpha value is -1.31. The molecule has 0 aliphatic carbocycles. The molecule has 0 fully saturated rings. The average Bonchev–Trinajstić information content (AvgIpc) is 2.33. The zero-order valence-electron chi connectivity index (χ0n) is 5.19. The van der Waals surface area contributed by atoms with Gasteiger partial charge in [-0.15, -0.1) is 0 Å². The SMILES string of the molecule is Fc1ccc2[nH]c[c]c2c1. The van der Waals surface area contributed by atoms with Crippen molar-refractivity contribution in [3.63, 3.8) is 0 Å². The van der Waals surface area contributed by atoms with Gasteiger partial charge in [-0.1, -0.05) is 0 Å². The number of fused-ring (bicyclic) bond motifs is 1. The molecule has 0 atom stereocenters. The first-order valence-electron chi connectivity index (χ1n) is 3.00.